The van der Waals surface area contributed by atoms with Crippen LogP contribution >= 0.6 is 0 Å². The Morgan fingerprint density at radius 2 is 1.76 bits per heavy atom. The SMILES string of the molecule is NCCCCCCC(NC1CCCCC1)c1ccc(N2CCC(=O)NC2=O)cc1. The van der Waals surface area contributed by atoms with Gasteiger partial charge in [0.15, 0.2) is 0 Å². The molecule has 6 heteroatoms. The Balaban J connectivity index is 1.63. The average Bonchev–Trinajstić information content (AvgIpc) is 2.74. The lowest BCUT2D eigenvalue weighted by molar-refractivity contribution is -0.120. The minimum atomic E-state index is -0.328. The Labute approximate surface area is 174 Å². The van der Waals surface area contributed by atoms with Gasteiger partial charge in [-0.05, 0) is 49.9 Å². The fraction of sp³-hybridized carbons (Fsp3) is 0.652. The zero-order chi connectivity index (χ0) is 20.5. The number of imide groups is 1. The van der Waals surface area contributed by atoms with E-state index in [4.69, 9.17) is 5.73 Å². The average molecular weight is 401 g/mol. The van der Waals surface area contributed by atoms with Crippen LogP contribution in [-0.4, -0.2) is 31.1 Å². The van der Waals surface area contributed by atoms with Crippen LogP contribution in [0.1, 0.15) is 82.2 Å². The van der Waals surface area contributed by atoms with E-state index in [9.17, 15) is 9.59 Å². The molecule has 3 amide bonds. The Kier molecular flexibility index (Phi) is 8.50. The molecule has 1 saturated heterocycles. The Hall–Kier alpha value is -1.92. The van der Waals surface area contributed by atoms with Gasteiger partial charge in [-0.25, -0.2) is 4.79 Å². The van der Waals surface area contributed by atoms with E-state index in [1.807, 2.05) is 12.1 Å². The van der Waals surface area contributed by atoms with Crippen LogP contribution in [0.15, 0.2) is 24.3 Å². The summed E-state index contributed by atoms with van der Waals surface area (Å²) in [4.78, 5) is 25.1. The molecule has 6 nitrogen and oxygen atoms in total. The summed E-state index contributed by atoms with van der Waals surface area (Å²) in [7, 11) is 0. The van der Waals surface area contributed by atoms with E-state index in [0.29, 0.717) is 25.0 Å². The van der Waals surface area contributed by atoms with E-state index < -0.39 is 0 Å². The van der Waals surface area contributed by atoms with Crippen LogP contribution in [0.3, 0.4) is 0 Å². The number of hydrogen-bond donors (Lipinski definition) is 3. The molecule has 0 radical (unpaired) electrons. The molecule has 160 valence electrons. The third kappa shape index (κ3) is 6.54. The van der Waals surface area contributed by atoms with E-state index >= 15 is 0 Å². The number of carbonyl (C=O) groups excluding carboxylic acids is 2. The summed E-state index contributed by atoms with van der Waals surface area (Å²) in [5.74, 6) is -0.200. The number of hydrogen-bond acceptors (Lipinski definition) is 4. The topological polar surface area (TPSA) is 87.5 Å². The maximum atomic E-state index is 12.1. The summed E-state index contributed by atoms with van der Waals surface area (Å²) in [5.41, 5.74) is 7.74. The number of nitrogens with zero attached hydrogens (tertiary/aromatic N) is 1. The molecule has 2 aliphatic rings. The van der Waals surface area contributed by atoms with Crippen LogP contribution < -0.4 is 21.3 Å². The molecule has 1 saturated carbocycles. The smallest absolute Gasteiger partial charge is 0.328 e. The first-order chi connectivity index (χ1) is 14.2. The number of carbonyl (C=O) groups is 2. The normalized spacial score (nSPS) is 19.3. The third-order valence-corrected chi connectivity index (χ3v) is 6.15. The van der Waals surface area contributed by atoms with Crippen molar-refractivity contribution in [2.45, 2.75) is 82.7 Å². The van der Waals surface area contributed by atoms with Crippen molar-refractivity contribution < 1.29 is 9.59 Å². The molecule has 1 aromatic rings. The molecular formula is C23H36N4O2. The van der Waals surface area contributed by atoms with Crippen LogP contribution in [-0.2, 0) is 4.79 Å². The second-order valence-electron chi connectivity index (χ2n) is 8.39. The molecule has 0 aromatic heterocycles. The highest BCUT2D eigenvalue weighted by atomic mass is 16.2. The molecule has 2 fully saturated rings. The molecule has 1 aliphatic carbocycles. The van der Waals surface area contributed by atoms with Gasteiger partial charge >= 0.3 is 6.03 Å². The van der Waals surface area contributed by atoms with Gasteiger partial charge in [-0.2, -0.15) is 0 Å². The minimum Gasteiger partial charge on any atom is -0.330 e. The van der Waals surface area contributed by atoms with E-state index in [0.717, 1.165) is 25.1 Å². The molecule has 4 N–H and O–H groups in total. The van der Waals surface area contributed by atoms with Crippen LogP contribution in [0.4, 0.5) is 10.5 Å². The number of rotatable bonds is 10. The Bertz CT molecular complexity index is 655. The van der Waals surface area contributed by atoms with Gasteiger partial charge in [-0.3, -0.25) is 15.0 Å². The fourth-order valence-electron chi connectivity index (χ4n) is 4.44. The quantitative estimate of drug-likeness (QED) is 0.518. The van der Waals surface area contributed by atoms with E-state index in [-0.39, 0.29) is 11.9 Å². The van der Waals surface area contributed by atoms with Crippen molar-refractivity contribution in [3.63, 3.8) is 0 Å². The molecular weight excluding hydrogens is 364 g/mol. The maximum absolute atomic E-state index is 12.1. The van der Waals surface area contributed by atoms with Crippen LogP contribution in [0, 0.1) is 0 Å². The lowest BCUT2D eigenvalue weighted by Gasteiger charge is -2.30. The molecule has 1 heterocycles. The summed E-state index contributed by atoms with van der Waals surface area (Å²) < 4.78 is 0. The van der Waals surface area contributed by atoms with E-state index in [2.05, 4.69) is 22.8 Å². The van der Waals surface area contributed by atoms with Gasteiger partial charge in [0, 0.05) is 30.7 Å². The van der Waals surface area contributed by atoms with Crippen LogP contribution in [0.25, 0.3) is 0 Å². The first-order valence-corrected chi connectivity index (χ1v) is 11.3. The highest BCUT2D eigenvalue weighted by Gasteiger charge is 2.24. The van der Waals surface area contributed by atoms with Crippen molar-refractivity contribution in [2.24, 2.45) is 5.73 Å². The van der Waals surface area contributed by atoms with Gasteiger partial charge in [-0.1, -0.05) is 50.7 Å². The van der Waals surface area contributed by atoms with Crippen LogP contribution in [0.2, 0.25) is 0 Å². The van der Waals surface area contributed by atoms with Gasteiger partial charge in [-0.15, -0.1) is 0 Å². The highest BCUT2D eigenvalue weighted by Crippen LogP contribution is 2.27. The van der Waals surface area contributed by atoms with Gasteiger partial charge in [0.1, 0.15) is 0 Å². The number of anilines is 1. The monoisotopic (exact) mass is 400 g/mol. The highest BCUT2D eigenvalue weighted by molar-refractivity contribution is 6.05. The second-order valence-corrected chi connectivity index (χ2v) is 8.39. The fourth-order valence-corrected chi connectivity index (χ4v) is 4.44. The molecule has 0 bridgehead atoms. The van der Waals surface area contributed by atoms with Crippen molar-refractivity contribution in [3.8, 4) is 0 Å². The van der Waals surface area contributed by atoms with Gasteiger partial charge < -0.3 is 11.1 Å². The van der Waals surface area contributed by atoms with Crippen molar-refractivity contribution in [1.82, 2.24) is 10.6 Å². The summed E-state index contributed by atoms with van der Waals surface area (Å²) in [6, 6.07) is 8.92. The molecule has 1 unspecified atom stereocenters. The molecule has 1 atom stereocenters. The van der Waals surface area contributed by atoms with E-state index in [1.165, 1.54) is 56.9 Å². The minimum absolute atomic E-state index is 0.200. The predicted octanol–water partition coefficient (Wildman–Crippen LogP) is 4.01. The van der Waals surface area contributed by atoms with Crippen molar-refractivity contribution >= 4 is 17.6 Å². The predicted molar refractivity (Wildman–Crippen MR) is 117 cm³/mol. The summed E-state index contributed by atoms with van der Waals surface area (Å²) >= 11 is 0. The number of urea groups is 1. The molecule has 1 aromatic carbocycles. The third-order valence-electron chi connectivity index (χ3n) is 6.15. The lowest BCUT2D eigenvalue weighted by atomic mass is 9.92. The van der Waals surface area contributed by atoms with E-state index in [1.54, 1.807) is 4.90 Å². The van der Waals surface area contributed by atoms with Gasteiger partial charge in [0.25, 0.3) is 0 Å². The van der Waals surface area contributed by atoms with Gasteiger partial charge in [0.05, 0.1) is 0 Å². The van der Waals surface area contributed by atoms with Crippen LogP contribution in [0.5, 0.6) is 0 Å². The standard InChI is InChI=1S/C23H36N4O2/c24-16-7-2-1-6-10-21(25-19-8-4-3-5-9-19)18-11-13-20(14-12-18)27-17-15-22(28)26-23(27)29/h11-14,19,21,25H,1-10,15-17,24H2,(H,26,28,29). The number of unbranched alkanes of at least 4 members (excludes halogenated alkanes) is 3. The summed E-state index contributed by atoms with van der Waals surface area (Å²) in [5, 5.41) is 6.31. The lowest BCUT2D eigenvalue weighted by Crippen LogP contribution is -2.49. The zero-order valence-corrected chi connectivity index (χ0v) is 17.5. The number of nitrogens with two attached hydrogens (primary N) is 1. The summed E-state index contributed by atoms with van der Waals surface area (Å²) in [6.07, 6.45) is 12.7. The number of benzene rings is 1. The van der Waals surface area contributed by atoms with Gasteiger partial charge in [0.2, 0.25) is 5.91 Å². The van der Waals surface area contributed by atoms with Crippen molar-refractivity contribution in [2.75, 3.05) is 18.0 Å². The van der Waals surface area contributed by atoms with Crippen molar-refractivity contribution in [3.05, 3.63) is 29.8 Å². The molecule has 1 aliphatic heterocycles. The zero-order valence-electron chi connectivity index (χ0n) is 17.5. The first kappa shape index (κ1) is 21.8. The molecule has 0 spiro atoms. The van der Waals surface area contributed by atoms with Crippen molar-refractivity contribution in [1.29, 1.82) is 0 Å². The maximum Gasteiger partial charge on any atom is 0.328 e. The second kappa shape index (κ2) is 11.3. The summed E-state index contributed by atoms with van der Waals surface area (Å²) in [6.45, 7) is 1.22. The molecule has 3 rings (SSSR count). The number of amides is 3. The Morgan fingerprint density at radius 1 is 1.03 bits per heavy atom. The largest absolute Gasteiger partial charge is 0.330 e. The first-order valence-electron chi connectivity index (χ1n) is 11.3. The molecule has 29 heavy (non-hydrogen) atoms. The Morgan fingerprint density at radius 3 is 2.45 bits per heavy atom. The number of nitrogens with one attached hydrogen (secondary N) is 2.